The molecule has 1 aromatic rings. The van der Waals surface area contributed by atoms with E-state index >= 15 is 0 Å². The smallest absolute Gasteiger partial charge is 0.471 e. The molecular formula is C12H9F3N2O4. The van der Waals surface area contributed by atoms with Gasteiger partial charge in [-0.3, -0.25) is 14.4 Å². The number of alkyl halides is 3. The van der Waals surface area contributed by atoms with Gasteiger partial charge in [0.25, 0.3) is 11.7 Å². The number of rotatable bonds is 3. The maximum absolute atomic E-state index is 12.1. The molecule has 2 rings (SSSR count). The van der Waals surface area contributed by atoms with E-state index in [1.54, 1.807) is 5.32 Å². The van der Waals surface area contributed by atoms with Crippen molar-refractivity contribution in [3.05, 3.63) is 23.3 Å². The van der Waals surface area contributed by atoms with E-state index in [1.165, 1.54) is 19.2 Å². The normalized spacial score (nSPS) is 13.7. The van der Waals surface area contributed by atoms with Crippen molar-refractivity contribution in [1.29, 1.82) is 0 Å². The number of hydrogen-bond donors (Lipinski definition) is 2. The van der Waals surface area contributed by atoms with Gasteiger partial charge >= 0.3 is 12.1 Å². The van der Waals surface area contributed by atoms with Crippen LogP contribution in [0.2, 0.25) is 0 Å². The number of carbonyl (C=O) groups excluding carboxylic acids is 3. The molecule has 0 atom stereocenters. The minimum Gasteiger partial charge on any atom is -0.495 e. The highest BCUT2D eigenvalue weighted by atomic mass is 19.4. The maximum atomic E-state index is 12.1. The summed E-state index contributed by atoms with van der Waals surface area (Å²) in [4.78, 5) is 33.9. The second kappa shape index (κ2) is 5.08. The first kappa shape index (κ1) is 14.8. The van der Waals surface area contributed by atoms with Crippen molar-refractivity contribution in [3.63, 3.8) is 0 Å². The molecule has 0 saturated heterocycles. The number of halogens is 3. The summed E-state index contributed by atoms with van der Waals surface area (Å²) in [6.07, 6.45) is -5.02. The van der Waals surface area contributed by atoms with Gasteiger partial charge in [0.15, 0.2) is 0 Å². The van der Waals surface area contributed by atoms with Crippen molar-refractivity contribution < 1.29 is 32.3 Å². The van der Waals surface area contributed by atoms with E-state index in [1.807, 2.05) is 0 Å². The van der Waals surface area contributed by atoms with Gasteiger partial charge in [-0.2, -0.15) is 13.2 Å². The van der Waals surface area contributed by atoms with E-state index in [-0.39, 0.29) is 22.6 Å². The molecule has 1 aromatic carbocycles. The summed E-state index contributed by atoms with van der Waals surface area (Å²) in [5, 5.41) is 3.92. The largest absolute Gasteiger partial charge is 0.495 e. The van der Waals surface area contributed by atoms with Crippen LogP contribution in [0.25, 0.3) is 0 Å². The van der Waals surface area contributed by atoms with Crippen molar-refractivity contribution in [2.75, 3.05) is 12.4 Å². The Kier molecular flexibility index (Phi) is 3.58. The van der Waals surface area contributed by atoms with Crippen LogP contribution in [-0.2, 0) is 16.1 Å². The average Bonchev–Trinajstić information content (AvgIpc) is 2.71. The molecule has 1 aliphatic rings. The monoisotopic (exact) mass is 302 g/mol. The Labute approximate surface area is 116 Å². The summed E-state index contributed by atoms with van der Waals surface area (Å²) < 4.78 is 41.3. The van der Waals surface area contributed by atoms with E-state index in [2.05, 4.69) is 5.32 Å². The number of Topliss-reactive ketones (excluding diaryl/α,β-unsaturated/α-hetero) is 1. The molecule has 0 spiro atoms. The van der Waals surface area contributed by atoms with E-state index in [9.17, 15) is 27.6 Å². The van der Waals surface area contributed by atoms with Crippen LogP contribution in [0.4, 0.5) is 18.9 Å². The lowest BCUT2D eigenvalue weighted by Gasteiger charge is -2.12. The Hall–Kier alpha value is -2.58. The third-order valence-corrected chi connectivity index (χ3v) is 2.84. The minimum absolute atomic E-state index is 0.0891. The predicted octanol–water partition coefficient (Wildman–Crippen LogP) is 1.01. The zero-order valence-electron chi connectivity index (χ0n) is 10.6. The molecule has 9 heteroatoms. The highest BCUT2D eigenvalue weighted by Gasteiger charge is 2.39. The summed E-state index contributed by atoms with van der Waals surface area (Å²) in [6.45, 7) is -0.536. The molecule has 1 heterocycles. The van der Waals surface area contributed by atoms with Crippen molar-refractivity contribution >= 4 is 23.3 Å². The third-order valence-electron chi connectivity index (χ3n) is 2.84. The van der Waals surface area contributed by atoms with Crippen molar-refractivity contribution in [1.82, 2.24) is 5.32 Å². The quantitative estimate of drug-likeness (QED) is 0.816. The van der Waals surface area contributed by atoms with Crippen LogP contribution in [0.15, 0.2) is 12.1 Å². The van der Waals surface area contributed by atoms with Gasteiger partial charge < -0.3 is 15.4 Å². The predicted molar refractivity (Wildman–Crippen MR) is 63.9 cm³/mol. The van der Waals surface area contributed by atoms with Crippen LogP contribution in [-0.4, -0.2) is 30.9 Å². The summed E-state index contributed by atoms with van der Waals surface area (Å²) in [6, 6.07) is 2.69. The van der Waals surface area contributed by atoms with E-state index in [0.29, 0.717) is 0 Å². The van der Waals surface area contributed by atoms with Crippen LogP contribution >= 0.6 is 0 Å². The SMILES string of the molecule is COc1ccc(CNC(=O)C(F)(F)F)c2c1NC(=O)C2=O. The number of benzene rings is 1. The van der Waals surface area contributed by atoms with E-state index in [4.69, 9.17) is 4.74 Å². The van der Waals surface area contributed by atoms with Crippen molar-refractivity contribution in [3.8, 4) is 5.75 Å². The Bertz CT molecular complexity index is 640. The number of ether oxygens (including phenoxy) is 1. The van der Waals surface area contributed by atoms with Gasteiger partial charge in [-0.1, -0.05) is 6.07 Å². The highest BCUT2D eigenvalue weighted by molar-refractivity contribution is 6.52. The zero-order valence-corrected chi connectivity index (χ0v) is 10.6. The molecule has 2 N–H and O–H groups in total. The van der Waals surface area contributed by atoms with Gasteiger partial charge in [0.1, 0.15) is 5.75 Å². The number of amides is 2. The topological polar surface area (TPSA) is 84.5 Å². The molecule has 21 heavy (non-hydrogen) atoms. The van der Waals surface area contributed by atoms with Gasteiger partial charge in [-0.25, -0.2) is 0 Å². The fourth-order valence-corrected chi connectivity index (χ4v) is 1.89. The number of carbonyl (C=O) groups is 3. The molecule has 1 aliphatic heterocycles. The number of methoxy groups -OCH3 is 1. The lowest BCUT2D eigenvalue weighted by atomic mass is 10.0. The van der Waals surface area contributed by atoms with Gasteiger partial charge in [-0.05, 0) is 11.6 Å². The Balaban J connectivity index is 2.31. The van der Waals surface area contributed by atoms with Gasteiger partial charge in [-0.15, -0.1) is 0 Å². The molecule has 2 amide bonds. The Morgan fingerprint density at radius 3 is 2.57 bits per heavy atom. The summed E-state index contributed by atoms with van der Waals surface area (Å²) >= 11 is 0. The van der Waals surface area contributed by atoms with Gasteiger partial charge in [0, 0.05) is 6.54 Å². The van der Waals surface area contributed by atoms with Crippen LogP contribution in [0.3, 0.4) is 0 Å². The fraction of sp³-hybridized carbons (Fsp3) is 0.250. The molecule has 0 aliphatic carbocycles. The summed E-state index contributed by atoms with van der Waals surface area (Å²) in [7, 11) is 1.32. The first-order valence-electron chi connectivity index (χ1n) is 5.66. The Morgan fingerprint density at radius 1 is 1.33 bits per heavy atom. The summed E-state index contributed by atoms with van der Waals surface area (Å²) in [5.41, 5.74) is 0.0832. The van der Waals surface area contributed by atoms with Gasteiger partial charge in [0.05, 0.1) is 18.4 Å². The molecule has 0 saturated carbocycles. The lowest BCUT2D eigenvalue weighted by Crippen LogP contribution is -2.36. The maximum Gasteiger partial charge on any atom is 0.471 e. The molecule has 0 unspecified atom stereocenters. The van der Waals surface area contributed by atoms with Crippen LogP contribution in [0.1, 0.15) is 15.9 Å². The molecule has 0 aromatic heterocycles. The van der Waals surface area contributed by atoms with Crippen LogP contribution in [0, 0.1) is 0 Å². The molecule has 0 radical (unpaired) electrons. The molecular weight excluding hydrogens is 293 g/mol. The minimum atomic E-state index is -5.02. The number of anilines is 1. The first-order valence-corrected chi connectivity index (χ1v) is 5.66. The average molecular weight is 302 g/mol. The van der Waals surface area contributed by atoms with Crippen molar-refractivity contribution in [2.24, 2.45) is 0 Å². The molecule has 0 fully saturated rings. The van der Waals surface area contributed by atoms with Crippen molar-refractivity contribution in [2.45, 2.75) is 12.7 Å². The third kappa shape index (κ3) is 2.67. The second-order valence-electron chi connectivity index (χ2n) is 4.14. The van der Waals surface area contributed by atoms with E-state index < -0.39 is 30.3 Å². The van der Waals surface area contributed by atoms with Crippen LogP contribution < -0.4 is 15.4 Å². The van der Waals surface area contributed by atoms with Gasteiger partial charge in [0.2, 0.25) is 0 Å². The standard InChI is InChI=1S/C12H9F3N2O4/c1-21-6-3-2-5(4-16-11(20)12(13,14)15)7-8(6)17-10(19)9(7)18/h2-3H,4H2,1H3,(H,16,20)(H,17,18,19). The number of nitrogens with one attached hydrogen (secondary N) is 2. The second-order valence-corrected chi connectivity index (χ2v) is 4.14. The number of fused-ring (bicyclic) bond motifs is 1. The van der Waals surface area contributed by atoms with E-state index in [0.717, 1.165) is 0 Å². The molecule has 112 valence electrons. The first-order chi connectivity index (χ1) is 9.75. The van der Waals surface area contributed by atoms with Crippen LogP contribution in [0.5, 0.6) is 5.75 Å². The highest BCUT2D eigenvalue weighted by Crippen LogP contribution is 2.35. The number of ketones is 1. The number of hydrogen-bond acceptors (Lipinski definition) is 4. The lowest BCUT2D eigenvalue weighted by molar-refractivity contribution is -0.173. The molecule has 6 nitrogen and oxygen atoms in total. The zero-order chi connectivity index (χ0) is 15.8. The molecule has 0 bridgehead atoms. The Morgan fingerprint density at radius 2 is 2.00 bits per heavy atom. The fourth-order valence-electron chi connectivity index (χ4n) is 1.89. The summed E-state index contributed by atoms with van der Waals surface area (Å²) in [5.74, 6) is -3.72.